The fourth-order valence-corrected chi connectivity index (χ4v) is 2.78. The number of carbonyl (C=O) groups is 1. The van der Waals surface area contributed by atoms with Gasteiger partial charge in [-0.3, -0.25) is 4.79 Å². The number of hydrogen-bond donors (Lipinski definition) is 1. The number of hydrogen-bond acceptors (Lipinski definition) is 4. The van der Waals surface area contributed by atoms with Crippen LogP contribution in [-0.4, -0.2) is 33.0 Å². The number of thioether (sulfide) groups is 1. The van der Waals surface area contributed by atoms with E-state index >= 15 is 0 Å². The zero-order valence-electron chi connectivity index (χ0n) is 13.2. The zero-order chi connectivity index (χ0) is 17.7. The number of aromatic nitrogens is 3. The molecule has 0 radical (unpaired) electrons. The highest BCUT2D eigenvalue weighted by Gasteiger charge is 2.37. The third kappa shape index (κ3) is 4.73. The largest absolute Gasteiger partial charge is 0.451 e. The van der Waals surface area contributed by atoms with Gasteiger partial charge in [0, 0.05) is 13.6 Å². The molecule has 1 aromatic carbocycles. The van der Waals surface area contributed by atoms with Gasteiger partial charge in [0.15, 0.2) is 5.16 Å². The summed E-state index contributed by atoms with van der Waals surface area (Å²) in [6, 6.07) is 9.72. The molecule has 0 spiro atoms. The van der Waals surface area contributed by atoms with Gasteiger partial charge in [-0.25, -0.2) is 0 Å². The summed E-state index contributed by atoms with van der Waals surface area (Å²) < 4.78 is 38.7. The first-order chi connectivity index (χ1) is 11.3. The van der Waals surface area contributed by atoms with Crippen LogP contribution in [0.15, 0.2) is 35.5 Å². The Bertz CT molecular complexity index is 688. The summed E-state index contributed by atoms with van der Waals surface area (Å²) in [6.07, 6.45) is -4.56. The van der Waals surface area contributed by atoms with E-state index in [1.807, 2.05) is 37.3 Å². The summed E-state index contributed by atoms with van der Waals surface area (Å²) in [5.41, 5.74) is 1.11. The standard InChI is InChI=1S/C15H17F3N4OS/c1-10(11-6-4-3-5-7-11)8-19-12(23)9-24-14-21-20-13(22(14)2)15(16,17)18/h3-7,10H,8-9H2,1-2H3,(H,19,23)/t10-/m0/s1. The molecule has 0 aliphatic heterocycles. The van der Waals surface area contributed by atoms with Crippen molar-refractivity contribution >= 4 is 17.7 Å². The summed E-state index contributed by atoms with van der Waals surface area (Å²) in [6.45, 7) is 2.44. The van der Waals surface area contributed by atoms with Crippen molar-refractivity contribution in [3.63, 3.8) is 0 Å². The molecule has 130 valence electrons. The van der Waals surface area contributed by atoms with Crippen molar-refractivity contribution in [3.05, 3.63) is 41.7 Å². The number of nitrogens with one attached hydrogen (secondary N) is 1. The molecule has 24 heavy (non-hydrogen) atoms. The highest BCUT2D eigenvalue weighted by molar-refractivity contribution is 7.99. The highest BCUT2D eigenvalue weighted by atomic mass is 32.2. The molecule has 2 aromatic rings. The lowest BCUT2D eigenvalue weighted by atomic mass is 10.0. The third-order valence-corrected chi connectivity index (χ3v) is 4.42. The summed E-state index contributed by atoms with van der Waals surface area (Å²) >= 11 is 0.917. The van der Waals surface area contributed by atoms with Gasteiger partial charge >= 0.3 is 6.18 Å². The van der Waals surface area contributed by atoms with E-state index in [1.165, 1.54) is 7.05 Å². The molecule has 0 saturated heterocycles. The van der Waals surface area contributed by atoms with E-state index in [0.717, 1.165) is 21.9 Å². The van der Waals surface area contributed by atoms with Crippen LogP contribution in [0.3, 0.4) is 0 Å². The van der Waals surface area contributed by atoms with Crippen LogP contribution < -0.4 is 5.32 Å². The Labute approximate surface area is 141 Å². The first kappa shape index (κ1) is 18.3. The molecule has 1 amide bonds. The molecule has 0 unspecified atom stereocenters. The first-order valence-corrected chi connectivity index (χ1v) is 8.18. The quantitative estimate of drug-likeness (QED) is 0.807. The summed E-state index contributed by atoms with van der Waals surface area (Å²) in [7, 11) is 1.22. The van der Waals surface area contributed by atoms with E-state index in [1.54, 1.807) is 0 Å². The van der Waals surface area contributed by atoms with Gasteiger partial charge in [-0.2, -0.15) is 13.2 Å². The maximum absolute atomic E-state index is 12.6. The van der Waals surface area contributed by atoms with Crippen LogP contribution in [0.1, 0.15) is 24.2 Å². The molecule has 0 saturated carbocycles. The van der Waals surface area contributed by atoms with Crippen LogP contribution in [0.4, 0.5) is 13.2 Å². The van der Waals surface area contributed by atoms with Gasteiger partial charge in [-0.15, -0.1) is 10.2 Å². The predicted molar refractivity (Wildman–Crippen MR) is 84.6 cm³/mol. The van der Waals surface area contributed by atoms with Crippen molar-refractivity contribution in [2.75, 3.05) is 12.3 Å². The molecule has 0 aliphatic carbocycles. The van der Waals surface area contributed by atoms with E-state index in [-0.39, 0.29) is 22.7 Å². The molecule has 0 bridgehead atoms. The second kappa shape index (κ2) is 7.69. The van der Waals surface area contributed by atoms with Crippen molar-refractivity contribution in [2.24, 2.45) is 7.05 Å². The Hall–Kier alpha value is -2.03. The molecule has 1 atom stereocenters. The van der Waals surface area contributed by atoms with Crippen molar-refractivity contribution in [1.82, 2.24) is 20.1 Å². The minimum atomic E-state index is -4.56. The molecule has 1 aromatic heterocycles. The molecule has 1 heterocycles. The fraction of sp³-hybridized carbons (Fsp3) is 0.400. The fourth-order valence-electron chi connectivity index (χ4n) is 2.03. The number of carbonyl (C=O) groups excluding carboxylic acids is 1. The molecule has 5 nitrogen and oxygen atoms in total. The second-order valence-corrected chi connectivity index (χ2v) is 6.21. The lowest BCUT2D eigenvalue weighted by molar-refractivity contribution is -0.147. The van der Waals surface area contributed by atoms with Crippen LogP contribution in [0, 0.1) is 0 Å². The number of halogens is 3. The van der Waals surface area contributed by atoms with Crippen LogP contribution in [-0.2, 0) is 18.0 Å². The summed E-state index contributed by atoms with van der Waals surface area (Å²) in [5, 5.41) is 9.40. The minimum absolute atomic E-state index is 0.0225. The van der Waals surface area contributed by atoms with Crippen molar-refractivity contribution in [3.8, 4) is 0 Å². The number of alkyl halides is 3. The number of rotatable bonds is 6. The summed E-state index contributed by atoms with van der Waals surface area (Å²) in [5.74, 6) is -1.22. The molecular formula is C15H17F3N4OS. The maximum Gasteiger partial charge on any atom is 0.451 e. The molecule has 0 fully saturated rings. The van der Waals surface area contributed by atoms with E-state index in [2.05, 4.69) is 15.5 Å². The first-order valence-electron chi connectivity index (χ1n) is 7.20. The van der Waals surface area contributed by atoms with Crippen molar-refractivity contribution in [2.45, 2.75) is 24.2 Å². The Morgan fingerprint density at radius 2 is 1.96 bits per heavy atom. The van der Waals surface area contributed by atoms with Gasteiger partial charge in [0.25, 0.3) is 0 Å². The lowest BCUT2D eigenvalue weighted by Gasteiger charge is -2.13. The molecule has 0 aliphatic rings. The minimum Gasteiger partial charge on any atom is -0.355 e. The SMILES string of the molecule is C[C@@H](CNC(=O)CSc1nnc(C(F)(F)F)n1C)c1ccccc1. The number of amides is 1. The van der Waals surface area contributed by atoms with Crippen LogP contribution in [0.2, 0.25) is 0 Å². The normalized spacial score (nSPS) is 12.9. The number of nitrogens with zero attached hydrogens (tertiary/aromatic N) is 3. The maximum atomic E-state index is 12.6. The van der Waals surface area contributed by atoms with Gasteiger partial charge in [0.1, 0.15) is 0 Å². The van der Waals surface area contributed by atoms with Crippen LogP contribution in [0.5, 0.6) is 0 Å². The molecule has 2 rings (SSSR count). The highest BCUT2D eigenvalue weighted by Crippen LogP contribution is 2.29. The second-order valence-electron chi connectivity index (χ2n) is 5.27. The lowest BCUT2D eigenvalue weighted by Crippen LogP contribution is -2.29. The predicted octanol–water partition coefficient (Wildman–Crippen LogP) is 2.85. The Kier molecular flexibility index (Phi) is 5.87. The van der Waals surface area contributed by atoms with E-state index in [4.69, 9.17) is 0 Å². The van der Waals surface area contributed by atoms with Crippen molar-refractivity contribution in [1.29, 1.82) is 0 Å². The zero-order valence-corrected chi connectivity index (χ0v) is 14.0. The Morgan fingerprint density at radius 3 is 2.54 bits per heavy atom. The van der Waals surface area contributed by atoms with Gasteiger partial charge in [0.05, 0.1) is 5.75 Å². The summed E-state index contributed by atoms with van der Waals surface area (Å²) in [4.78, 5) is 11.9. The third-order valence-electron chi connectivity index (χ3n) is 3.39. The van der Waals surface area contributed by atoms with Crippen LogP contribution in [0.25, 0.3) is 0 Å². The monoisotopic (exact) mass is 358 g/mol. The van der Waals surface area contributed by atoms with Gasteiger partial charge < -0.3 is 9.88 Å². The van der Waals surface area contributed by atoms with Gasteiger partial charge in [-0.1, -0.05) is 49.0 Å². The van der Waals surface area contributed by atoms with Gasteiger partial charge in [-0.05, 0) is 11.5 Å². The Balaban J connectivity index is 1.83. The topological polar surface area (TPSA) is 59.8 Å². The van der Waals surface area contributed by atoms with Gasteiger partial charge in [0.2, 0.25) is 11.7 Å². The molecule has 9 heteroatoms. The molecule has 1 N–H and O–H groups in total. The molecular weight excluding hydrogens is 341 g/mol. The average Bonchev–Trinajstić information content (AvgIpc) is 2.92. The smallest absolute Gasteiger partial charge is 0.355 e. The van der Waals surface area contributed by atoms with E-state index < -0.39 is 12.0 Å². The average molecular weight is 358 g/mol. The van der Waals surface area contributed by atoms with Crippen LogP contribution >= 0.6 is 11.8 Å². The Morgan fingerprint density at radius 1 is 1.29 bits per heavy atom. The number of benzene rings is 1. The van der Waals surface area contributed by atoms with Crippen molar-refractivity contribution < 1.29 is 18.0 Å². The van der Waals surface area contributed by atoms with E-state index in [0.29, 0.717) is 6.54 Å². The van der Waals surface area contributed by atoms with E-state index in [9.17, 15) is 18.0 Å².